The van der Waals surface area contributed by atoms with Gasteiger partial charge in [-0.15, -0.1) is 0 Å². The van der Waals surface area contributed by atoms with Gasteiger partial charge in [0, 0.05) is 4.91 Å². The highest BCUT2D eigenvalue weighted by atomic mass is 35.7. The van der Waals surface area contributed by atoms with Crippen molar-refractivity contribution >= 4 is 21.2 Å². The second-order valence-corrected chi connectivity index (χ2v) is 9.20. The average Bonchev–Trinajstić information content (AvgIpc) is 2.68. The van der Waals surface area contributed by atoms with Crippen molar-refractivity contribution in [2.75, 3.05) is 0 Å². The monoisotopic (exact) mass is 402 g/mol. The van der Waals surface area contributed by atoms with Crippen LogP contribution in [0, 0.1) is 10.2 Å². The first kappa shape index (κ1) is 18.6. The summed E-state index contributed by atoms with van der Waals surface area (Å²) in [4.78, 5) is 1.68. The molecule has 1 aliphatic heterocycles. The average molecular weight is 403 g/mol. The Morgan fingerprint density at radius 3 is 2.00 bits per heavy atom. The van der Waals surface area contributed by atoms with Crippen molar-refractivity contribution in [2.45, 2.75) is 25.7 Å². The highest BCUT2D eigenvalue weighted by molar-refractivity contribution is 8.15. The van der Waals surface area contributed by atoms with E-state index in [-0.39, 0.29) is 0 Å². The van der Waals surface area contributed by atoms with Crippen molar-refractivity contribution < 1.29 is 28.0 Å². The first-order chi connectivity index (χ1) is 13.0. The Hall–Kier alpha value is -1.73. The first-order valence-corrected chi connectivity index (χ1v) is 11.2. The largest absolute Gasteiger partial charge is 0.182 e. The SMILES string of the molecule is [O-][Cl+3]([O-])([O-])OS1=C(c2ccccc2)C=C(c2ccccc2)C2=C1CCCC2. The van der Waals surface area contributed by atoms with Crippen LogP contribution >= 0.6 is 10.8 Å². The molecule has 4 nitrogen and oxygen atoms in total. The lowest BCUT2D eigenvalue weighted by atomic mass is 9.88. The van der Waals surface area contributed by atoms with E-state index in [9.17, 15) is 14.0 Å². The van der Waals surface area contributed by atoms with Crippen molar-refractivity contribution in [1.29, 1.82) is 0 Å². The van der Waals surface area contributed by atoms with E-state index in [1.807, 2.05) is 54.6 Å². The summed E-state index contributed by atoms with van der Waals surface area (Å²) in [6.07, 6.45) is 5.61. The van der Waals surface area contributed by atoms with Crippen LogP contribution in [-0.2, 0) is 3.74 Å². The first-order valence-electron chi connectivity index (χ1n) is 8.80. The number of benzene rings is 2. The summed E-state index contributed by atoms with van der Waals surface area (Å²) in [5, 5.41) is 0. The molecule has 1 atom stereocenters. The molecule has 140 valence electrons. The number of rotatable bonds is 4. The number of allylic oxidation sites excluding steroid dienone is 4. The summed E-state index contributed by atoms with van der Waals surface area (Å²) in [7, 11) is -5.73. The lowest BCUT2D eigenvalue weighted by Crippen LogP contribution is -2.60. The van der Waals surface area contributed by atoms with Gasteiger partial charge in [-0.25, -0.2) is 0 Å². The minimum atomic E-state index is -4.52. The van der Waals surface area contributed by atoms with Gasteiger partial charge in [-0.05, 0) is 54.0 Å². The van der Waals surface area contributed by atoms with E-state index in [0.29, 0.717) is 0 Å². The molecular weight excluding hydrogens is 384 g/mol. The Bertz CT molecular complexity index is 928. The number of halogens is 1. The Morgan fingerprint density at radius 1 is 0.778 bits per heavy atom. The van der Waals surface area contributed by atoms with E-state index < -0.39 is 21.0 Å². The van der Waals surface area contributed by atoms with Gasteiger partial charge in [0.2, 0.25) is 0 Å². The maximum Gasteiger partial charge on any atom is 0.143 e. The Labute approximate surface area is 163 Å². The van der Waals surface area contributed by atoms with Crippen LogP contribution in [0.15, 0.2) is 77.2 Å². The Balaban J connectivity index is 1.96. The van der Waals surface area contributed by atoms with Gasteiger partial charge >= 0.3 is 0 Å². The van der Waals surface area contributed by atoms with Crippen LogP contribution in [0.5, 0.6) is 0 Å². The molecule has 27 heavy (non-hydrogen) atoms. The quantitative estimate of drug-likeness (QED) is 0.734. The standard InChI is InChI=1S/C21H19ClO4S/c23-22(24,25)26-27-20-14-8-7-13-18(20)19(16-9-3-1-4-10-16)15-21(27)17-11-5-2-6-12-17/h1-6,9-12,15H,7-8,13-14H2. The Kier molecular flexibility index (Phi) is 5.32. The summed E-state index contributed by atoms with van der Waals surface area (Å²) in [5.41, 5.74) is 4.17. The van der Waals surface area contributed by atoms with Gasteiger partial charge in [-0.3, -0.25) is 0 Å². The molecule has 0 saturated carbocycles. The van der Waals surface area contributed by atoms with Gasteiger partial charge < -0.3 is 0 Å². The predicted molar refractivity (Wildman–Crippen MR) is 99.1 cm³/mol. The molecule has 2 aliphatic rings. The third-order valence-electron chi connectivity index (χ3n) is 4.72. The predicted octanol–water partition coefficient (Wildman–Crippen LogP) is 2.23. The van der Waals surface area contributed by atoms with Gasteiger partial charge in [-0.1, -0.05) is 60.7 Å². The molecule has 0 spiro atoms. The van der Waals surface area contributed by atoms with E-state index in [2.05, 4.69) is 12.1 Å². The van der Waals surface area contributed by atoms with E-state index in [0.717, 1.165) is 57.7 Å². The molecule has 2 aromatic carbocycles. The van der Waals surface area contributed by atoms with Crippen molar-refractivity contribution in [1.82, 2.24) is 0 Å². The Morgan fingerprint density at radius 2 is 1.37 bits per heavy atom. The topological polar surface area (TPSA) is 78.4 Å². The van der Waals surface area contributed by atoms with Crippen molar-refractivity contribution in [3.63, 3.8) is 0 Å². The maximum absolute atomic E-state index is 11.4. The fourth-order valence-corrected chi connectivity index (χ4v) is 6.39. The third kappa shape index (κ3) is 4.09. The molecule has 0 aromatic heterocycles. The molecule has 1 heterocycles. The summed E-state index contributed by atoms with van der Waals surface area (Å²) in [6, 6.07) is 19.6. The molecule has 1 unspecified atom stereocenters. The van der Waals surface area contributed by atoms with E-state index in [4.69, 9.17) is 3.74 Å². The zero-order valence-electron chi connectivity index (χ0n) is 14.6. The van der Waals surface area contributed by atoms with Crippen LogP contribution in [0.3, 0.4) is 0 Å². The van der Waals surface area contributed by atoms with Crippen LogP contribution < -0.4 is 14.0 Å². The summed E-state index contributed by atoms with van der Waals surface area (Å²) < 4.78 is 39.4. The molecule has 0 amide bonds. The third-order valence-corrected chi connectivity index (χ3v) is 7.50. The van der Waals surface area contributed by atoms with Gasteiger partial charge in [0.05, 0.1) is 15.1 Å². The van der Waals surface area contributed by atoms with Gasteiger partial charge in [0.1, 0.15) is 14.5 Å². The molecule has 2 aromatic rings. The van der Waals surface area contributed by atoms with E-state index >= 15 is 0 Å². The van der Waals surface area contributed by atoms with Crippen molar-refractivity contribution in [2.24, 2.45) is 0 Å². The highest BCUT2D eigenvalue weighted by Crippen LogP contribution is 2.49. The van der Waals surface area contributed by atoms with Crippen LogP contribution in [0.4, 0.5) is 0 Å². The zero-order valence-corrected chi connectivity index (χ0v) is 16.2. The highest BCUT2D eigenvalue weighted by Gasteiger charge is 2.34. The molecule has 4 rings (SSSR count). The minimum Gasteiger partial charge on any atom is -0.182 e. The molecule has 0 radical (unpaired) electrons. The van der Waals surface area contributed by atoms with Crippen molar-refractivity contribution in [3.05, 3.63) is 88.3 Å². The fraction of sp³-hybridized carbons (Fsp3) is 0.190. The molecule has 0 N–H and O–H groups in total. The lowest BCUT2D eigenvalue weighted by Gasteiger charge is -2.28. The molecule has 0 fully saturated rings. The summed E-state index contributed by atoms with van der Waals surface area (Å²) in [5.74, 6) is 0. The van der Waals surface area contributed by atoms with Gasteiger partial charge in [0.15, 0.2) is 0 Å². The van der Waals surface area contributed by atoms with E-state index in [1.165, 1.54) is 0 Å². The normalized spacial score (nSPS) is 20.3. The van der Waals surface area contributed by atoms with Crippen LogP contribution in [-0.4, -0.2) is 4.86 Å². The maximum atomic E-state index is 11.4. The minimum absolute atomic E-state index is 0.738. The van der Waals surface area contributed by atoms with Gasteiger partial charge in [0.25, 0.3) is 0 Å². The molecule has 6 heteroatoms. The molecule has 0 bridgehead atoms. The van der Waals surface area contributed by atoms with Crippen LogP contribution in [0.1, 0.15) is 36.8 Å². The van der Waals surface area contributed by atoms with Gasteiger partial charge in [-0.2, -0.15) is 14.0 Å². The number of hydrogen-bond acceptors (Lipinski definition) is 4. The summed E-state index contributed by atoms with van der Waals surface area (Å²) >= 11 is 0. The number of hydrogen-bond donors (Lipinski definition) is 0. The molecular formula is C21H19ClO4S. The smallest absolute Gasteiger partial charge is 0.143 e. The summed E-state index contributed by atoms with van der Waals surface area (Å²) in [6.45, 7) is 0. The van der Waals surface area contributed by atoms with Crippen LogP contribution in [0.2, 0.25) is 0 Å². The lowest BCUT2D eigenvalue weighted by molar-refractivity contribution is -1.91. The molecule has 0 saturated heterocycles. The van der Waals surface area contributed by atoms with E-state index in [1.54, 1.807) is 0 Å². The second kappa shape index (κ2) is 7.72. The second-order valence-electron chi connectivity index (χ2n) is 6.47. The van der Waals surface area contributed by atoms with Crippen LogP contribution in [0.25, 0.3) is 5.57 Å². The van der Waals surface area contributed by atoms with Crippen molar-refractivity contribution in [3.8, 4) is 0 Å². The fourth-order valence-electron chi connectivity index (χ4n) is 3.59. The molecule has 1 aliphatic carbocycles. The zero-order chi connectivity index (χ0) is 18.9.